The molecular formula is C22H26N4O2S. The number of methoxy groups -OCH3 is 2. The largest absolute Gasteiger partial charge is 0.496 e. The Morgan fingerprint density at radius 2 is 1.86 bits per heavy atom. The number of likely N-dealkylation sites (tertiary alicyclic amines) is 1. The highest BCUT2D eigenvalue weighted by atomic mass is 32.1. The predicted molar refractivity (Wildman–Crippen MR) is 116 cm³/mol. The molecule has 0 unspecified atom stereocenters. The van der Waals surface area contributed by atoms with Crippen molar-refractivity contribution in [3.8, 4) is 11.5 Å². The van der Waals surface area contributed by atoms with Crippen LogP contribution in [0, 0.1) is 6.92 Å². The highest BCUT2D eigenvalue weighted by Crippen LogP contribution is 2.37. The van der Waals surface area contributed by atoms with Gasteiger partial charge in [-0.05, 0) is 50.6 Å². The van der Waals surface area contributed by atoms with Crippen LogP contribution in [0.5, 0.6) is 11.5 Å². The fraction of sp³-hybridized carbons (Fsp3) is 0.364. The van der Waals surface area contributed by atoms with Crippen LogP contribution in [0.25, 0.3) is 0 Å². The molecule has 0 amide bonds. The van der Waals surface area contributed by atoms with E-state index < -0.39 is 0 Å². The van der Waals surface area contributed by atoms with Crippen LogP contribution >= 0.6 is 11.3 Å². The van der Waals surface area contributed by atoms with E-state index in [9.17, 15) is 0 Å². The monoisotopic (exact) mass is 410 g/mol. The van der Waals surface area contributed by atoms with E-state index in [-0.39, 0.29) is 6.04 Å². The molecule has 1 atom stereocenters. The summed E-state index contributed by atoms with van der Waals surface area (Å²) >= 11 is 1.59. The first-order chi connectivity index (χ1) is 14.2. The summed E-state index contributed by atoms with van der Waals surface area (Å²) in [6.07, 6.45) is 2.23. The van der Waals surface area contributed by atoms with Gasteiger partial charge in [0.05, 0.1) is 37.2 Å². The third-order valence-electron chi connectivity index (χ3n) is 5.22. The Balaban J connectivity index is 1.55. The number of hydrogen-bond acceptors (Lipinski definition) is 7. The van der Waals surface area contributed by atoms with Crippen molar-refractivity contribution in [1.82, 2.24) is 14.9 Å². The SMILES string of the molecule is COc1cccc(OC)c1CN1CCC[C@@H]1c1cccc(Nc2nc(C)cs2)n1. The number of benzene rings is 1. The Bertz CT molecular complexity index is 953. The lowest BCUT2D eigenvalue weighted by Gasteiger charge is -2.26. The molecule has 29 heavy (non-hydrogen) atoms. The van der Waals surface area contributed by atoms with E-state index in [1.54, 1.807) is 25.6 Å². The van der Waals surface area contributed by atoms with Crippen molar-refractivity contribution in [2.75, 3.05) is 26.1 Å². The number of anilines is 2. The average molecular weight is 411 g/mol. The van der Waals surface area contributed by atoms with Gasteiger partial charge in [0.15, 0.2) is 5.13 Å². The first-order valence-electron chi connectivity index (χ1n) is 9.78. The number of pyridine rings is 1. The van der Waals surface area contributed by atoms with Gasteiger partial charge in [-0.1, -0.05) is 12.1 Å². The lowest BCUT2D eigenvalue weighted by molar-refractivity contribution is 0.236. The lowest BCUT2D eigenvalue weighted by atomic mass is 10.1. The molecule has 1 aliphatic heterocycles. The van der Waals surface area contributed by atoms with Crippen molar-refractivity contribution in [2.45, 2.75) is 32.4 Å². The van der Waals surface area contributed by atoms with E-state index in [0.717, 1.165) is 65.3 Å². The smallest absolute Gasteiger partial charge is 0.188 e. The Morgan fingerprint density at radius 1 is 1.10 bits per heavy atom. The number of rotatable bonds is 7. The molecule has 7 heteroatoms. The molecular weight excluding hydrogens is 384 g/mol. The van der Waals surface area contributed by atoms with Crippen LogP contribution < -0.4 is 14.8 Å². The maximum atomic E-state index is 5.59. The van der Waals surface area contributed by atoms with Gasteiger partial charge in [-0.3, -0.25) is 4.90 Å². The van der Waals surface area contributed by atoms with E-state index in [2.05, 4.69) is 27.3 Å². The predicted octanol–water partition coefficient (Wildman–Crippen LogP) is 4.94. The van der Waals surface area contributed by atoms with Crippen molar-refractivity contribution >= 4 is 22.3 Å². The van der Waals surface area contributed by atoms with Gasteiger partial charge in [-0.25, -0.2) is 9.97 Å². The number of nitrogens with one attached hydrogen (secondary N) is 1. The van der Waals surface area contributed by atoms with Gasteiger partial charge in [0.1, 0.15) is 17.3 Å². The quantitative estimate of drug-likeness (QED) is 0.595. The van der Waals surface area contributed by atoms with Crippen LogP contribution in [-0.2, 0) is 6.54 Å². The average Bonchev–Trinajstić information content (AvgIpc) is 3.37. The molecule has 4 rings (SSSR count). The van der Waals surface area contributed by atoms with Crippen molar-refractivity contribution in [3.05, 3.63) is 58.7 Å². The molecule has 1 aromatic carbocycles. The van der Waals surface area contributed by atoms with Gasteiger partial charge in [0, 0.05) is 11.9 Å². The summed E-state index contributed by atoms with van der Waals surface area (Å²) in [7, 11) is 3.41. The molecule has 1 N–H and O–H groups in total. The molecule has 1 saturated heterocycles. The zero-order valence-electron chi connectivity index (χ0n) is 17.0. The number of thiazole rings is 1. The highest BCUT2D eigenvalue weighted by Gasteiger charge is 2.29. The third-order valence-corrected chi connectivity index (χ3v) is 6.10. The molecule has 0 aliphatic carbocycles. The van der Waals surface area contributed by atoms with Crippen LogP contribution in [-0.4, -0.2) is 35.6 Å². The summed E-state index contributed by atoms with van der Waals surface area (Å²) in [5.74, 6) is 2.55. The second-order valence-corrected chi connectivity index (χ2v) is 7.99. The second kappa shape index (κ2) is 8.80. The van der Waals surface area contributed by atoms with Crippen molar-refractivity contribution in [1.29, 1.82) is 0 Å². The first kappa shape index (κ1) is 19.7. The van der Waals surface area contributed by atoms with Crippen molar-refractivity contribution in [3.63, 3.8) is 0 Å². The van der Waals surface area contributed by atoms with E-state index >= 15 is 0 Å². The van der Waals surface area contributed by atoms with Crippen LogP contribution in [0.3, 0.4) is 0 Å². The molecule has 0 spiro atoms. The number of aryl methyl sites for hydroxylation is 1. The van der Waals surface area contributed by atoms with E-state index in [4.69, 9.17) is 14.5 Å². The van der Waals surface area contributed by atoms with Gasteiger partial charge >= 0.3 is 0 Å². The van der Waals surface area contributed by atoms with Crippen LogP contribution in [0.2, 0.25) is 0 Å². The molecule has 3 aromatic rings. The molecule has 1 fully saturated rings. The maximum Gasteiger partial charge on any atom is 0.188 e. The Morgan fingerprint density at radius 3 is 2.55 bits per heavy atom. The summed E-state index contributed by atoms with van der Waals surface area (Å²) in [5, 5.41) is 6.23. The summed E-state index contributed by atoms with van der Waals surface area (Å²) < 4.78 is 11.2. The number of aromatic nitrogens is 2. The van der Waals surface area contributed by atoms with Gasteiger partial charge in [0.2, 0.25) is 0 Å². The molecule has 2 aromatic heterocycles. The van der Waals surface area contributed by atoms with E-state index in [1.807, 2.05) is 36.6 Å². The standard InChI is InChI=1S/C22H26N4O2S/c1-15-14-29-22(23-15)25-21-11-4-7-17(24-21)18-8-6-12-26(18)13-16-19(27-2)9-5-10-20(16)28-3/h4-5,7,9-11,14,18H,6,8,12-13H2,1-3H3,(H,23,24,25)/t18-/m1/s1. The first-order valence-corrected chi connectivity index (χ1v) is 10.7. The number of nitrogens with zero attached hydrogens (tertiary/aromatic N) is 3. The molecule has 1 aliphatic rings. The summed E-state index contributed by atoms with van der Waals surface area (Å²) in [6, 6.07) is 12.4. The van der Waals surface area contributed by atoms with E-state index in [1.165, 1.54) is 0 Å². The van der Waals surface area contributed by atoms with Crippen molar-refractivity contribution in [2.24, 2.45) is 0 Å². The summed E-state index contributed by atoms with van der Waals surface area (Å²) in [5.41, 5.74) is 3.17. The van der Waals surface area contributed by atoms with Crippen LogP contribution in [0.1, 0.15) is 35.8 Å². The number of ether oxygens (including phenoxy) is 2. The van der Waals surface area contributed by atoms with Gasteiger partial charge in [-0.2, -0.15) is 0 Å². The molecule has 0 saturated carbocycles. The molecule has 0 bridgehead atoms. The maximum absolute atomic E-state index is 5.59. The Hall–Kier alpha value is -2.64. The van der Waals surface area contributed by atoms with Crippen molar-refractivity contribution < 1.29 is 9.47 Å². The summed E-state index contributed by atoms with van der Waals surface area (Å²) in [6.45, 7) is 3.79. The van der Waals surface area contributed by atoms with E-state index in [0.29, 0.717) is 0 Å². The fourth-order valence-corrected chi connectivity index (χ4v) is 4.56. The minimum absolute atomic E-state index is 0.268. The highest BCUT2D eigenvalue weighted by molar-refractivity contribution is 7.13. The molecule has 152 valence electrons. The van der Waals surface area contributed by atoms with Crippen LogP contribution in [0.4, 0.5) is 10.9 Å². The van der Waals surface area contributed by atoms with Gasteiger partial charge in [0.25, 0.3) is 0 Å². The minimum Gasteiger partial charge on any atom is -0.496 e. The molecule has 6 nitrogen and oxygen atoms in total. The Kier molecular flexibility index (Phi) is 5.97. The lowest BCUT2D eigenvalue weighted by Crippen LogP contribution is -2.24. The number of hydrogen-bond donors (Lipinski definition) is 1. The zero-order chi connectivity index (χ0) is 20.2. The fourth-order valence-electron chi connectivity index (χ4n) is 3.86. The van der Waals surface area contributed by atoms with Gasteiger partial charge in [-0.15, -0.1) is 11.3 Å². The second-order valence-electron chi connectivity index (χ2n) is 7.14. The normalized spacial score (nSPS) is 16.7. The third kappa shape index (κ3) is 4.36. The summed E-state index contributed by atoms with van der Waals surface area (Å²) in [4.78, 5) is 11.8. The molecule has 3 heterocycles. The van der Waals surface area contributed by atoms with Gasteiger partial charge < -0.3 is 14.8 Å². The zero-order valence-corrected chi connectivity index (χ0v) is 17.8. The van der Waals surface area contributed by atoms with Crippen LogP contribution in [0.15, 0.2) is 41.8 Å². The molecule has 0 radical (unpaired) electrons. The minimum atomic E-state index is 0.268. The topological polar surface area (TPSA) is 59.5 Å². The Labute approximate surface area is 175 Å².